The molecule has 0 aromatic carbocycles. The van der Waals surface area contributed by atoms with Gasteiger partial charge in [-0.15, -0.1) is 0 Å². The number of likely N-dealkylation sites (tertiary alicyclic amines) is 1. The Bertz CT molecular complexity index is 362. The summed E-state index contributed by atoms with van der Waals surface area (Å²) in [5.41, 5.74) is 0. The SMILES string of the molecule is O=C(CCNC1=NCC(C2CC2)S1)N1CCCCC1. The van der Waals surface area contributed by atoms with Crippen molar-refractivity contribution < 1.29 is 4.79 Å². The molecule has 1 saturated carbocycles. The van der Waals surface area contributed by atoms with E-state index in [2.05, 4.69) is 10.3 Å². The number of piperidine rings is 1. The van der Waals surface area contributed by atoms with Gasteiger partial charge in [0.15, 0.2) is 5.17 Å². The highest BCUT2D eigenvalue weighted by atomic mass is 32.2. The first-order chi connectivity index (χ1) is 9.33. The number of amides is 1. The van der Waals surface area contributed by atoms with Crippen LogP contribution in [-0.2, 0) is 4.79 Å². The number of carbonyl (C=O) groups is 1. The molecule has 3 rings (SSSR count). The van der Waals surface area contributed by atoms with Gasteiger partial charge in [0.25, 0.3) is 0 Å². The van der Waals surface area contributed by atoms with E-state index >= 15 is 0 Å². The molecule has 1 aliphatic carbocycles. The molecule has 0 aromatic heterocycles. The zero-order valence-electron chi connectivity index (χ0n) is 11.4. The van der Waals surface area contributed by atoms with E-state index in [9.17, 15) is 4.79 Å². The third-order valence-corrected chi connectivity index (χ3v) is 5.48. The molecule has 2 aliphatic heterocycles. The van der Waals surface area contributed by atoms with E-state index in [0.717, 1.165) is 37.3 Å². The van der Waals surface area contributed by atoms with Crippen molar-refractivity contribution in [3.05, 3.63) is 0 Å². The largest absolute Gasteiger partial charge is 0.364 e. The molecule has 1 N–H and O–H groups in total. The maximum Gasteiger partial charge on any atom is 0.224 e. The molecule has 106 valence electrons. The number of carbonyl (C=O) groups excluding carboxylic acids is 1. The van der Waals surface area contributed by atoms with Gasteiger partial charge < -0.3 is 10.2 Å². The highest BCUT2D eigenvalue weighted by Crippen LogP contribution is 2.41. The Kier molecular flexibility index (Phi) is 4.31. The van der Waals surface area contributed by atoms with Crippen LogP contribution in [0.3, 0.4) is 0 Å². The van der Waals surface area contributed by atoms with Crippen molar-refractivity contribution in [3.63, 3.8) is 0 Å². The number of thioether (sulfide) groups is 1. The molecule has 19 heavy (non-hydrogen) atoms. The van der Waals surface area contributed by atoms with Gasteiger partial charge in [0.1, 0.15) is 0 Å². The van der Waals surface area contributed by atoms with Crippen LogP contribution in [0.2, 0.25) is 0 Å². The summed E-state index contributed by atoms with van der Waals surface area (Å²) in [6.45, 7) is 3.62. The molecule has 2 fully saturated rings. The molecule has 0 aromatic rings. The summed E-state index contributed by atoms with van der Waals surface area (Å²) < 4.78 is 0. The van der Waals surface area contributed by atoms with Gasteiger partial charge in [-0.3, -0.25) is 9.79 Å². The predicted octanol–water partition coefficient (Wildman–Crippen LogP) is 1.86. The van der Waals surface area contributed by atoms with E-state index < -0.39 is 0 Å². The zero-order valence-corrected chi connectivity index (χ0v) is 12.3. The minimum atomic E-state index is 0.300. The third kappa shape index (κ3) is 3.65. The molecule has 5 heteroatoms. The number of rotatable bonds is 4. The van der Waals surface area contributed by atoms with Gasteiger partial charge in [0.05, 0.1) is 6.54 Å². The Balaban J connectivity index is 1.33. The van der Waals surface area contributed by atoms with Crippen molar-refractivity contribution in [2.24, 2.45) is 10.9 Å². The van der Waals surface area contributed by atoms with E-state index in [1.54, 1.807) is 0 Å². The van der Waals surface area contributed by atoms with Crippen LogP contribution >= 0.6 is 11.8 Å². The summed E-state index contributed by atoms with van der Waals surface area (Å²) in [5.74, 6) is 1.21. The number of hydrogen-bond donors (Lipinski definition) is 1. The molecule has 2 heterocycles. The highest BCUT2D eigenvalue weighted by Gasteiger charge is 2.35. The molecular formula is C14H23N3OS. The lowest BCUT2D eigenvalue weighted by molar-refractivity contribution is -0.131. The second-order valence-electron chi connectivity index (χ2n) is 5.76. The number of amidine groups is 1. The normalized spacial score (nSPS) is 27.3. The number of hydrogen-bond acceptors (Lipinski definition) is 4. The van der Waals surface area contributed by atoms with Crippen LogP contribution in [0.5, 0.6) is 0 Å². The fourth-order valence-corrected chi connectivity index (χ4v) is 4.01. The highest BCUT2D eigenvalue weighted by molar-refractivity contribution is 8.14. The van der Waals surface area contributed by atoms with Gasteiger partial charge in [0, 0.05) is 31.3 Å². The van der Waals surface area contributed by atoms with Gasteiger partial charge in [-0.1, -0.05) is 11.8 Å². The minimum Gasteiger partial charge on any atom is -0.364 e. The zero-order chi connectivity index (χ0) is 13.1. The topological polar surface area (TPSA) is 44.7 Å². The molecule has 1 amide bonds. The summed E-state index contributed by atoms with van der Waals surface area (Å²) in [5, 5.41) is 5.10. The summed E-state index contributed by atoms with van der Waals surface area (Å²) in [4.78, 5) is 18.5. The lowest BCUT2D eigenvalue weighted by atomic mass is 10.1. The van der Waals surface area contributed by atoms with Crippen molar-refractivity contribution in [1.29, 1.82) is 0 Å². The Labute approximate surface area is 119 Å². The molecule has 0 spiro atoms. The lowest BCUT2D eigenvalue weighted by Gasteiger charge is -2.26. The number of aliphatic imine (C=N–C) groups is 1. The van der Waals surface area contributed by atoms with E-state index in [-0.39, 0.29) is 0 Å². The van der Waals surface area contributed by atoms with E-state index in [0.29, 0.717) is 17.6 Å². The monoisotopic (exact) mass is 281 g/mol. The predicted molar refractivity (Wildman–Crippen MR) is 79.5 cm³/mol. The van der Waals surface area contributed by atoms with Gasteiger partial charge in [-0.2, -0.15) is 0 Å². The van der Waals surface area contributed by atoms with Crippen molar-refractivity contribution in [1.82, 2.24) is 10.2 Å². The maximum absolute atomic E-state index is 12.0. The number of nitrogens with one attached hydrogen (secondary N) is 1. The fraction of sp³-hybridized carbons (Fsp3) is 0.857. The number of nitrogens with zero attached hydrogens (tertiary/aromatic N) is 2. The van der Waals surface area contributed by atoms with Crippen molar-refractivity contribution >= 4 is 22.8 Å². The van der Waals surface area contributed by atoms with Crippen molar-refractivity contribution in [3.8, 4) is 0 Å². The Morgan fingerprint density at radius 1 is 1.32 bits per heavy atom. The lowest BCUT2D eigenvalue weighted by Crippen LogP contribution is -2.37. The molecule has 0 radical (unpaired) electrons. The first-order valence-electron chi connectivity index (χ1n) is 7.56. The van der Waals surface area contributed by atoms with Crippen LogP contribution in [-0.4, -0.2) is 47.4 Å². The van der Waals surface area contributed by atoms with E-state index in [1.165, 1.54) is 32.1 Å². The quantitative estimate of drug-likeness (QED) is 0.855. The van der Waals surface area contributed by atoms with Gasteiger partial charge in [-0.25, -0.2) is 0 Å². The van der Waals surface area contributed by atoms with Crippen LogP contribution in [0, 0.1) is 5.92 Å². The Morgan fingerprint density at radius 2 is 2.11 bits per heavy atom. The van der Waals surface area contributed by atoms with Gasteiger partial charge in [0.2, 0.25) is 5.91 Å². The molecule has 1 unspecified atom stereocenters. The van der Waals surface area contributed by atoms with Crippen LogP contribution in [0.15, 0.2) is 4.99 Å². The second-order valence-corrected chi connectivity index (χ2v) is 6.99. The fourth-order valence-electron chi connectivity index (χ4n) is 2.78. The van der Waals surface area contributed by atoms with E-state index in [4.69, 9.17) is 0 Å². The average Bonchev–Trinajstić information content (AvgIpc) is 3.20. The standard InChI is InChI=1S/C14H23N3OS/c18-13(17-8-2-1-3-9-17)6-7-15-14-16-10-12(19-14)11-4-5-11/h11-12H,1-10H2,(H,15,16). The molecule has 3 aliphatic rings. The molecule has 1 saturated heterocycles. The molecule has 0 bridgehead atoms. The summed E-state index contributed by atoms with van der Waals surface area (Å²) in [6, 6.07) is 0. The summed E-state index contributed by atoms with van der Waals surface area (Å²) in [6.07, 6.45) is 6.99. The van der Waals surface area contributed by atoms with Crippen LogP contribution in [0.1, 0.15) is 38.5 Å². The minimum absolute atomic E-state index is 0.300. The van der Waals surface area contributed by atoms with Crippen LogP contribution < -0.4 is 5.32 Å². The summed E-state index contributed by atoms with van der Waals surface area (Å²) >= 11 is 1.88. The van der Waals surface area contributed by atoms with E-state index in [1.807, 2.05) is 16.7 Å². The third-order valence-electron chi connectivity index (χ3n) is 4.15. The van der Waals surface area contributed by atoms with Crippen LogP contribution in [0.4, 0.5) is 0 Å². The average molecular weight is 281 g/mol. The first kappa shape index (κ1) is 13.3. The van der Waals surface area contributed by atoms with Crippen molar-refractivity contribution in [2.75, 3.05) is 26.2 Å². The Morgan fingerprint density at radius 3 is 2.84 bits per heavy atom. The van der Waals surface area contributed by atoms with Gasteiger partial charge >= 0.3 is 0 Å². The molecule has 1 atom stereocenters. The molecular weight excluding hydrogens is 258 g/mol. The summed E-state index contributed by atoms with van der Waals surface area (Å²) in [7, 11) is 0. The smallest absolute Gasteiger partial charge is 0.224 e. The molecule has 4 nitrogen and oxygen atoms in total. The Hall–Kier alpha value is -0.710. The van der Waals surface area contributed by atoms with Crippen LogP contribution in [0.25, 0.3) is 0 Å². The first-order valence-corrected chi connectivity index (χ1v) is 8.43. The van der Waals surface area contributed by atoms with Crippen molar-refractivity contribution in [2.45, 2.75) is 43.8 Å². The van der Waals surface area contributed by atoms with Gasteiger partial charge in [-0.05, 0) is 38.0 Å². The second kappa shape index (κ2) is 6.16. The maximum atomic E-state index is 12.0.